The van der Waals surface area contributed by atoms with Crippen LogP contribution >= 0.6 is 11.8 Å². The number of benzene rings is 1. The molecule has 2 nitrogen and oxygen atoms in total. The van der Waals surface area contributed by atoms with Gasteiger partial charge < -0.3 is 0 Å². The number of pyridine rings is 2. The molecule has 0 bridgehead atoms. The molecule has 0 amide bonds. The lowest BCUT2D eigenvalue weighted by molar-refractivity contribution is 0.657. The van der Waals surface area contributed by atoms with E-state index in [0.717, 1.165) is 5.69 Å². The van der Waals surface area contributed by atoms with Crippen LogP contribution in [-0.2, 0) is 10.2 Å². The van der Waals surface area contributed by atoms with Gasteiger partial charge in [0.2, 0.25) is 0 Å². The Morgan fingerprint density at radius 2 is 1.72 bits per heavy atom. The number of hydrogen-bond acceptors (Lipinski definition) is 3. The van der Waals surface area contributed by atoms with Crippen LogP contribution in [0.15, 0.2) is 53.8 Å². The first kappa shape index (κ1) is 15.2. The van der Waals surface area contributed by atoms with Gasteiger partial charge in [-0.25, -0.2) is 0 Å². The molecule has 3 aromatic rings. The van der Waals surface area contributed by atoms with Crippen LogP contribution in [0.1, 0.15) is 44.4 Å². The molecule has 0 fully saturated rings. The van der Waals surface area contributed by atoms with E-state index in [4.69, 9.17) is 4.98 Å². The first-order chi connectivity index (χ1) is 11.9. The van der Waals surface area contributed by atoms with Crippen molar-refractivity contribution in [3.05, 3.63) is 65.6 Å². The summed E-state index contributed by atoms with van der Waals surface area (Å²) in [6.07, 6.45) is 5.86. The quantitative estimate of drug-likeness (QED) is 0.516. The van der Waals surface area contributed by atoms with E-state index in [2.05, 4.69) is 56.9 Å². The minimum absolute atomic E-state index is 0.0490. The van der Waals surface area contributed by atoms with E-state index < -0.39 is 0 Å². The highest BCUT2D eigenvalue weighted by atomic mass is 32.2. The van der Waals surface area contributed by atoms with Crippen LogP contribution in [0.3, 0.4) is 0 Å². The molecule has 3 heterocycles. The van der Waals surface area contributed by atoms with Crippen LogP contribution in [0.2, 0.25) is 0 Å². The number of fused-ring (bicyclic) bond motifs is 7. The molecule has 1 aromatic carbocycles. The molecule has 0 saturated heterocycles. The lowest BCUT2D eigenvalue weighted by Gasteiger charge is -2.36. The Morgan fingerprint density at radius 3 is 2.56 bits per heavy atom. The molecule has 0 unspecified atom stereocenters. The second-order valence-electron chi connectivity index (χ2n) is 7.92. The Balaban J connectivity index is 1.90. The van der Waals surface area contributed by atoms with Gasteiger partial charge in [0, 0.05) is 50.3 Å². The van der Waals surface area contributed by atoms with Gasteiger partial charge in [0.15, 0.2) is 0 Å². The maximum Gasteiger partial charge on any atom is 0.0746 e. The molecule has 25 heavy (non-hydrogen) atoms. The second kappa shape index (κ2) is 4.73. The van der Waals surface area contributed by atoms with Crippen molar-refractivity contribution in [3.8, 4) is 22.4 Å². The maximum atomic E-state index is 4.71. The second-order valence-corrected chi connectivity index (χ2v) is 9.58. The normalized spacial score (nSPS) is 18.1. The Kier molecular flexibility index (Phi) is 2.87. The van der Waals surface area contributed by atoms with Gasteiger partial charge in [0.1, 0.15) is 0 Å². The minimum atomic E-state index is -0.0561. The van der Waals surface area contributed by atoms with E-state index in [1.807, 2.05) is 36.4 Å². The number of thioether (sulfide) groups is 1. The van der Waals surface area contributed by atoms with Crippen molar-refractivity contribution in [1.29, 1.82) is 0 Å². The molecule has 0 saturated carbocycles. The lowest BCUT2D eigenvalue weighted by atomic mass is 9.77. The van der Waals surface area contributed by atoms with Crippen LogP contribution in [0.5, 0.6) is 0 Å². The molecule has 3 heteroatoms. The predicted molar refractivity (Wildman–Crippen MR) is 104 cm³/mol. The summed E-state index contributed by atoms with van der Waals surface area (Å²) in [5.41, 5.74) is 9.06. The molecule has 2 aliphatic rings. The summed E-state index contributed by atoms with van der Waals surface area (Å²) in [5, 5.41) is 0. The number of rotatable bonds is 0. The first-order valence-electron chi connectivity index (χ1n) is 8.68. The SMILES string of the molecule is CC1(C)Sc2ccc3c(c2-c2cnccc21)C(C)(C)c1cccnc1-3. The fourth-order valence-corrected chi connectivity index (χ4v) is 5.78. The monoisotopic (exact) mass is 344 g/mol. The van der Waals surface area contributed by atoms with Crippen molar-refractivity contribution < 1.29 is 0 Å². The van der Waals surface area contributed by atoms with E-state index in [-0.39, 0.29) is 10.2 Å². The Hall–Kier alpha value is -2.13. The molecule has 5 rings (SSSR count). The van der Waals surface area contributed by atoms with Gasteiger partial charge >= 0.3 is 0 Å². The van der Waals surface area contributed by atoms with Gasteiger partial charge in [-0.05, 0) is 48.7 Å². The van der Waals surface area contributed by atoms with Gasteiger partial charge in [-0.15, -0.1) is 11.8 Å². The van der Waals surface area contributed by atoms with E-state index in [9.17, 15) is 0 Å². The topological polar surface area (TPSA) is 25.8 Å². The number of aromatic nitrogens is 2. The molecule has 0 atom stereocenters. The highest BCUT2D eigenvalue weighted by molar-refractivity contribution is 8.00. The first-order valence-corrected chi connectivity index (χ1v) is 9.50. The molecule has 0 spiro atoms. The molecule has 1 aliphatic carbocycles. The standard InChI is InChI=1S/C22H20N2S/c1-21(2)16-6-5-10-24-20(16)13-7-8-17-18(19(13)21)14-12-23-11-9-15(14)22(3,4)25-17/h5-12H,1-4H3. The maximum absolute atomic E-state index is 4.71. The van der Waals surface area contributed by atoms with Crippen molar-refractivity contribution >= 4 is 11.8 Å². The summed E-state index contributed by atoms with van der Waals surface area (Å²) >= 11 is 1.95. The minimum Gasteiger partial charge on any atom is -0.264 e. The van der Waals surface area contributed by atoms with Crippen molar-refractivity contribution in [2.24, 2.45) is 0 Å². The molecule has 2 aromatic heterocycles. The Bertz CT molecular complexity index is 1030. The molecule has 0 N–H and O–H groups in total. The molecular weight excluding hydrogens is 324 g/mol. The Labute approximate surface area is 152 Å². The van der Waals surface area contributed by atoms with E-state index in [1.165, 1.54) is 38.3 Å². The summed E-state index contributed by atoms with van der Waals surface area (Å²) in [7, 11) is 0. The van der Waals surface area contributed by atoms with Crippen LogP contribution in [0, 0.1) is 0 Å². The zero-order valence-corrected chi connectivity index (χ0v) is 15.7. The van der Waals surface area contributed by atoms with Crippen LogP contribution < -0.4 is 0 Å². The van der Waals surface area contributed by atoms with Gasteiger partial charge in [-0.3, -0.25) is 9.97 Å². The fraction of sp³-hybridized carbons (Fsp3) is 0.273. The molecule has 1 aliphatic heterocycles. The molecular formula is C22H20N2S. The fourth-order valence-electron chi connectivity index (χ4n) is 4.49. The summed E-state index contributed by atoms with van der Waals surface area (Å²) in [6.45, 7) is 9.24. The lowest BCUT2D eigenvalue weighted by Crippen LogP contribution is -2.22. The van der Waals surface area contributed by atoms with Gasteiger partial charge in [-0.1, -0.05) is 26.0 Å². The van der Waals surface area contributed by atoms with Crippen molar-refractivity contribution in [2.75, 3.05) is 0 Å². The van der Waals surface area contributed by atoms with E-state index in [0.29, 0.717) is 0 Å². The van der Waals surface area contributed by atoms with E-state index >= 15 is 0 Å². The highest BCUT2D eigenvalue weighted by Gasteiger charge is 2.42. The third kappa shape index (κ3) is 1.87. The Morgan fingerprint density at radius 1 is 0.880 bits per heavy atom. The van der Waals surface area contributed by atoms with Gasteiger partial charge in [-0.2, -0.15) is 0 Å². The zero-order valence-electron chi connectivity index (χ0n) is 14.9. The average Bonchev–Trinajstić information content (AvgIpc) is 2.83. The van der Waals surface area contributed by atoms with Gasteiger partial charge in [0.25, 0.3) is 0 Å². The predicted octanol–water partition coefficient (Wildman–Crippen LogP) is 5.79. The smallest absolute Gasteiger partial charge is 0.0746 e. The van der Waals surface area contributed by atoms with Crippen molar-refractivity contribution in [1.82, 2.24) is 9.97 Å². The molecule has 124 valence electrons. The number of hydrogen-bond donors (Lipinski definition) is 0. The summed E-state index contributed by atoms with van der Waals surface area (Å²) in [5.74, 6) is 0. The third-order valence-electron chi connectivity index (χ3n) is 5.63. The van der Waals surface area contributed by atoms with Gasteiger partial charge in [0.05, 0.1) is 5.69 Å². The van der Waals surface area contributed by atoms with Crippen LogP contribution in [0.4, 0.5) is 0 Å². The van der Waals surface area contributed by atoms with Crippen molar-refractivity contribution in [3.63, 3.8) is 0 Å². The summed E-state index contributed by atoms with van der Waals surface area (Å²) < 4.78 is 0.0490. The molecule has 0 radical (unpaired) electrons. The van der Waals surface area contributed by atoms with Crippen molar-refractivity contribution in [2.45, 2.75) is 42.8 Å². The zero-order chi connectivity index (χ0) is 17.4. The third-order valence-corrected chi connectivity index (χ3v) is 6.92. The largest absolute Gasteiger partial charge is 0.264 e. The van der Waals surface area contributed by atoms with Crippen LogP contribution in [0.25, 0.3) is 22.4 Å². The summed E-state index contributed by atoms with van der Waals surface area (Å²) in [4.78, 5) is 10.5. The summed E-state index contributed by atoms with van der Waals surface area (Å²) in [6, 6.07) is 11.0. The average molecular weight is 344 g/mol. The highest BCUT2D eigenvalue weighted by Crippen LogP contribution is 2.59. The number of nitrogens with zero attached hydrogens (tertiary/aromatic N) is 2. The van der Waals surface area contributed by atoms with Crippen LogP contribution in [-0.4, -0.2) is 9.97 Å². The van der Waals surface area contributed by atoms with E-state index in [1.54, 1.807) is 0 Å².